The van der Waals surface area contributed by atoms with Gasteiger partial charge in [-0.15, -0.1) is 6.42 Å². The van der Waals surface area contributed by atoms with E-state index in [1.807, 2.05) is 0 Å². The second kappa shape index (κ2) is 12.7. The van der Waals surface area contributed by atoms with E-state index in [1.165, 1.54) is 0 Å². The fourth-order valence-corrected chi connectivity index (χ4v) is 7.58. The Labute approximate surface area is 250 Å². The van der Waals surface area contributed by atoms with Crippen molar-refractivity contribution >= 4 is 37.8 Å². The van der Waals surface area contributed by atoms with E-state index in [9.17, 15) is 39.2 Å². The van der Waals surface area contributed by atoms with Gasteiger partial charge < -0.3 is 59.8 Å². The number of hydrogen-bond acceptors (Lipinski definition) is 17. The lowest BCUT2D eigenvalue weighted by atomic mass is 9.89. The Morgan fingerprint density at radius 1 is 1.27 bits per heavy atom. The van der Waals surface area contributed by atoms with Gasteiger partial charge in [-0.05, 0) is 11.8 Å². The monoisotopic (exact) mass is 693 g/mol. The number of terminal acetylenes is 1. The molecule has 2 aromatic rings. The van der Waals surface area contributed by atoms with Crippen molar-refractivity contribution in [1.82, 2.24) is 19.6 Å². The number of halogens is 2. The molecule has 2 fully saturated rings. The Hall–Kier alpha value is -1.87. The average Bonchev–Trinajstić information content (AvgIpc) is 3.49. The molecule has 246 valence electrons. The number of nitrogens with two attached hydrogens (primary N) is 1. The van der Waals surface area contributed by atoms with Gasteiger partial charge >= 0.3 is 14.5 Å². The molecule has 0 spiro atoms. The van der Waals surface area contributed by atoms with Crippen molar-refractivity contribution < 1.29 is 76.2 Å². The van der Waals surface area contributed by atoms with Crippen LogP contribution >= 0.6 is 14.5 Å². The molecule has 4 rings (SSSR count). The number of rotatable bonds is 11. The van der Waals surface area contributed by atoms with Crippen LogP contribution in [0.1, 0.15) is 11.8 Å². The molecule has 2 aliphatic rings. The van der Waals surface area contributed by atoms with Gasteiger partial charge in [0.2, 0.25) is 0 Å². The molecule has 0 radical (unpaired) electrons. The summed E-state index contributed by atoms with van der Waals surface area (Å²) in [6.07, 6.45) is -9.54. The summed E-state index contributed by atoms with van der Waals surface area (Å²) in [4.78, 5) is 28.3. The minimum Gasteiger partial charge on any atom is -0.393 e. The van der Waals surface area contributed by atoms with Crippen molar-refractivity contribution in [2.75, 3.05) is 26.1 Å². The average molecular weight is 693 g/mol. The van der Waals surface area contributed by atoms with Gasteiger partial charge in [-0.25, -0.2) is 32.1 Å². The summed E-state index contributed by atoms with van der Waals surface area (Å²) < 4.78 is 73.0. The fourth-order valence-electron chi connectivity index (χ4n) is 4.51. The van der Waals surface area contributed by atoms with Crippen molar-refractivity contribution in [2.24, 2.45) is 0 Å². The van der Waals surface area contributed by atoms with Crippen LogP contribution in [-0.2, 0) is 43.9 Å². The minimum atomic E-state index is -5.66. The summed E-state index contributed by atoms with van der Waals surface area (Å²) in [5.41, 5.74) is 3.45. The summed E-state index contributed by atoms with van der Waals surface area (Å²) in [5, 5.41) is 53.7. The first-order chi connectivity index (χ1) is 20.5. The number of hydrogen-bond donors (Lipinski definition) is 8. The lowest BCUT2D eigenvalue weighted by Gasteiger charge is -2.41. The van der Waals surface area contributed by atoms with E-state index >= 15 is 4.39 Å². The molecule has 0 bridgehead atoms. The summed E-state index contributed by atoms with van der Waals surface area (Å²) >= 11 is 4.64. The SMILES string of the molecule is C#C[C@]1(OC)[C@H](c2cnc3c(N)ncnn23)O[C@](F)(COP(O)(=S)OP(=O)(O)OC2OC([C@@H](F)CO)C(O)C(O)C2O)[C@H]1O. The van der Waals surface area contributed by atoms with Crippen LogP contribution in [0.2, 0.25) is 0 Å². The summed E-state index contributed by atoms with van der Waals surface area (Å²) in [6, 6.07) is 0. The molecule has 4 heterocycles. The largest absolute Gasteiger partial charge is 0.481 e. The van der Waals surface area contributed by atoms with E-state index in [4.69, 9.17) is 36.0 Å². The number of alkyl halides is 2. The highest BCUT2D eigenvalue weighted by Crippen LogP contribution is 2.62. The third-order valence-electron chi connectivity index (χ3n) is 6.71. The summed E-state index contributed by atoms with van der Waals surface area (Å²) in [7, 11) is -4.63. The first-order valence-corrected chi connectivity index (χ1v) is 16.2. The van der Waals surface area contributed by atoms with E-state index in [-0.39, 0.29) is 17.2 Å². The van der Waals surface area contributed by atoms with Crippen LogP contribution in [0.15, 0.2) is 12.5 Å². The number of anilines is 1. The highest BCUT2D eigenvalue weighted by atomic mass is 32.5. The van der Waals surface area contributed by atoms with E-state index in [0.717, 1.165) is 24.1 Å². The zero-order chi connectivity index (χ0) is 32.8. The topological polar surface area (TPSA) is 283 Å². The zero-order valence-corrected chi connectivity index (χ0v) is 24.8. The minimum absolute atomic E-state index is 0.0204. The number of aromatic nitrogens is 4. The molecule has 9 N–H and O–H groups in total. The first-order valence-electron chi connectivity index (χ1n) is 12.1. The molecule has 0 aliphatic carbocycles. The van der Waals surface area contributed by atoms with E-state index < -0.39 is 88.3 Å². The molecule has 44 heavy (non-hydrogen) atoms. The van der Waals surface area contributed by atoms with Crippen molar-refractivity contribution in [2.45, 2.75) is 60.5 Å². The Bertz CT molecular complexity index is 1510. The van der Waals surface area contributed by atoms with E-state index in [0.29, 0.717) is 0 Å². The molecule has 0 aromatic carbocycles. The van der Waals surface area contributed by atoms with Crippen LogP contribution in [0.4, 0.5) is 14.6 Å². The second-order valence-electron chi connectivity index (χ2n) is 9.43. The van der Waals surface area contributed by atoms with Crippen molar-refractivity contribution in [3.05, 3.63) is 18.2 Å². The highest BCUT2D eigenvalue weighted by Gasteiger charge is 2.67. The first kappa shape index (κ1) is 35.0. The van der Waals surface area contributed by atoms with Crippen molar-refractivity contribution in [3.8, 4) is 12.3 Å². The molecule has 2 aromatic heterocycles. The molecule has 12 atom stereocenters. The fraction of sp³-hybridized carbons (Fsp3) is 0.650. The maximum Gasteiger partial charge on any atom is 0.481 e. The zero-order valence-electron chi connectivity index (χ0n) is 22.2. The molecule has 0 amide bonds. The van der Waals surface area contributed by atoms with Crippen LogP contribution in [0.5, 0.6) is 0 Å². The quantitative estimate of drug-likeness (QED) is 0.0879. The van der Waals surface area contributed by atoms with Crippen LogP contribution < -0.4 is 5.73 Å². The lowest BCUT2D eigenvalue weighted by Crippen LogP contribution is -2.60. The van der Waals surface area contributed by atoms with Gasteiger partial charge in [-0.2, -0.15) is 5.10 Å². The number of phosphoric ester groups is 1. The molecule has 7 unspecified atom stereocenters. The maximum absolute atomic E-state index is 16.1. The number of fused-ring (bicyclic) bond motifs is 1. The van der Waals surface area contributed by atoms with E-state index in [1.54, 1.807) is 0 Å². The standard InChI is InChI=1S/C20H27F2N5O14P2S/c1-3-19(36-2)14(9-4-24-16-15(23)25-7-26-27(9)16)39-20(22,18(19)32)6-37-43(35,44)41-42(33,34)40-17-12(31)10(29)11(30)13(38-17)8(21)5-28/h1,4,7-8,10-14,17-18,28-32H,5-6H2,2H3,(H,33,34)(H,35,44)(H2,23,25,26)/t8-,10?,11?,12?,13?,14-,17?,18-,19-,20+,43?/m0/s1. The number of aliphatic hydroxyl groups is 5. The van der Waals surface area contributed by atoms with Crippen LogP contribution in [0.25, 0.3) is 5.65 Å². The third-order valence-corrected chi connectivity index (χ3v) is 10.2. The molecule has 2 saturated heterocycles. The number of phosphoric acid groups is 1. The van der Waals surface area contributed by atoms with Gasteiger partial charge in [0.25, 0.3) is 5.85 Å². The molecule has 2 aliphatic heterocycles. The van der Waals surface area contributed by atoms with Gasteiger partial charge in [0.1, 0.15) is 43.5 Å². The maximum atomic E-state index is 16.1. The van der Waals surface area contributed by atoms with Gasteiger partial charge in [0.15, 0.2) is 35.6 Å². The number of methoxy groups -OCH3 is 1. The van der Waals surface area contributed by atoms with E-state index in [2.05, 4.69) is 41.6 Å². The molecule has 19 nitrogen and oxygen atoms in total. The van der Waals surface area contributed by atoms with Gasteiger partial charge in [-0.3, -0.25) is 4.52 Å². The van der Waals surface area contributed by atoms with Gasteiger partial charge in [0, 0.05) is 7.11 Å². The summed E-state index contributed by atoms with van der Waals surface area (Å²) in [5.74, 6) is -1.30. The predicted molar refractivity (Wildman–Crippen MR) is 141 cm³/mol. The molecular weight excluding hydrogens is 666 g/mol. The van der Waals surface area contributed by atoms with Crippen LogP contribution in [0, 0.1) is 12.3 Å². The van der Waals surface area contributed by atoms with Crippen molar-refractivity contribution in [1.29, 1.82) is 0 Å². The Balaban J connectivity index is 1.50. The molecule has 24 heteroatoms. The summed E-state index contributed by atoms with van der Waals surface area (Å²) in [6.45, 7) is -7.72. The predicted octanol–water partition coefficient (Wildman–Crippen LogP) is -2.67. The Morgan fingerprint density at radius 2 is 1.95 bits per heavy atom. The number of nitrogens with zero attached hydrogens (tertiary/aromatic N) is 4. The van der Waals surface area contributed by atoms with Crippen molar-refractivity contribution in [3.63, 3.8) is 0 Å². The molecule has 0 saturated carbocycles. The number of nitrogen functional groups attached to an aromatic ring is 1. The normalized spacial score (nSPS) is 37.7. The number of ether oxygens (including phenoxy) is 3. The number of aliphatic hydroxyl groups excluding tert-OH is 5. The highest BCUT2D eigenvalue weighted by molar-refractivity contribution is 8.08. The van der Waals surface area contributed by atoms with Crippen LogP contribution in [-0.4, -0.2) is 130 Å². The molecular formula is C20H27F2N5O14P2S. The smallest absolute Gasteiger partial charge is 0.393 e. The Morgan fingerprint density at radius 3 is 2.57 bits per heavy atom. The number of imidazole rings is 1. The van der Waals surface area contributed by atoms with Gasteiger partial charge in [-0.1, -0.05) is 5.92 Å². The second-order valence-corrected chi connectivity index (χ2v) is 13.8. The third kappa shape index (κ3) is 6.38. The lowest BCUT2D eigenvalue weighted by molar-refractivity contribution is -0.287. The Kier molecular flexibility index (Phi) is 10.1. The van der Waals surface area contributed by atoms with Gasteiger partial charge in [0.05, 0.1) is 18.5 Å². The van der Waals surface area contributed by atoms with Crippen LogP contribution in [0.3, 0.4) is 0 Å².